The van der Waals surface area contributed by atoms with Crippen LogP contribution in [0.1, 0.15) is 18.6 Å². The molecule has 5 heteroatoms. The van der Waals surface area contributed by atoms with E-state index >= 15 is 0 Å². The van der Waals surface area contributed by atoms with E-state index in [9.17, 15) is 9.90 Å². The zero-order valence-corrected chi connectivity index (χ0v) is 10.5. The maximum absolute atomic E-state index is 10.5. The Balaban J connectivity index is 2.22. The Hall–Kier alpha value is -1.43. The number of nitrogens with two attached hydrogens (primary N) is 1. The topological polar surface area (TPSA) is 84.6 Å². The molecule has 4 N–H and O–H groups in total. The van der Waals surface area contributed by atoms with E-state index in [-0.39, 0.29) is 25.8 Å². The van der Waals surface area contributed by atoms with Gasteiger partial charge in [-0.1, -0.05) is 30.3 Å². The van der Waals surface area contributed by atoms with Gasteiger partial charge in [-0.3, -0.25) is 4.79 Å². The van der Waals surface area contributed by atoms with Gasteiger partial charge in [-0.25, -0.2) is 0 Å². The van der Waals surface area contributed by atoms with Crippen LogP contribution in [0.5, 0.6) is 0 Å². The standard InChI is InChI=1S/C13H20N2O3/c1-10(11-5-3-2-4-6-11)18-9-12(16)7-15-8-13(14)17/h2-6,10,12,15-16H,7-9H2,1H3,(H2,14,17). The fourth-order valence-electron chi connectivity index (χ4n) is 1.50. The number of ether oxygens (including phenoxy) is 1. The number of hydrogen-bond donors (Lipinski definition) is 3. The monoisotopic (exact) mass is 252 g/mol. The Morgan fingerprint density at radius 1 is 1.44 bits per heavy atom. The molecule has 2 unspecified atom stereocenters. The Labute approximate surface area is 107 Å². The van der Waals surface area contributed by atoms with Crippen molar-refractivity contribution in [1.29, 1.82) is 0 Å². The molecular formula is C13H20N2O3. The van der Waals surface area contributed by atoms with Crippen molar-refractivity contribution in [3.05, 3.63) is 35.9 Å². The van der Waals surface area contributed by atoms with Gasteiger partial charge in [0.25, 0.3) is 0 Å². The van der Waals surface area contributed by atoms with Crippen molar-refractivity contribution in [2.24, 2.45) is 5.73 Å². The fourth-order valence-corrected chi connectivity index (χ4v) is 1.50. The molecule has 0 spiro atoms. The first-order valence-electron chi connectivity index (χ1n) is 5.93. The molecule has 0 aliphatic carbocycles. The molecule has 0 aliphatic rings. The van der Waals surface area contributed by atoms with Crippen molar-refractivity contribution >= 4 is 5.91 Å². The highest BCUT2D eigenvalue weighted by molar-refractivity contribution is 5.75. The molecule has 1 rings (SSSR count). The first kappa shape index (κ1) is 14.6. The molecule has 1 amide bonds. The number of aliphatic hydroxyl groups excluding tert-OH is 1. The van der Waals surface area contributed by atoms with Crippen molar-refractivity contribution in [3.8, 4) is 0 Å². The Morgan fingerprint density at radius 2 is 2.11 bits per heavy atom. The molecular weight excluding hydrogens is 232 g/mol. The lowest BCUT2D eigenvalue weighted by molar-refractivity contribution is -0.117. The highest BCUT2D eigenvalue weighted by Gasteiger charge is 2.09. The van der Waals surface area contributed by atoms with Gasteiger partial charge in [-0.15, -0.1) is 0 Å². The van der Waals surface area contributed by atoms with Gasteiger partial charge in [0.05, 0.1) is 25.4 Å². The third kappa shape index (κ3) is 5.77. The average molecular weight is 252 g/mol. The number of hydrogen-bond acceptors (Lipinski definition) is 4. The number of primary amides is 1. The van der Waals surface area contributed by atoms with Gasteiger partial charge >= 0.3 is 0 Å². The summed E-state index contributed by atoms with van der Waals surface area (Å²) in [6.45, 7) is 2.48. The number of amides is 1. The third-order valence-corrected chi connectivity index (χ3v) is 2.49. The van der Waals surface area contributed by atoms with Crippen molar-refractivity contribution in [2.45, 2.75) is 19.1 Å². The Kier molecular flexibility index (Phi) is 6.35. The summed E-state index contributed by atoms with van der Waals surface area (Å²) < 4.78 is 5.54. The minimum atomic E-state index is -0.657. The van der Waals surface area contributed by atoms with Crippen LogP contribution < -0.4 is 11.1 Å². The molecule has 100 valence electrons. The highest BCUT2D eigenvalue weighted by Crippen LogP contribution is 2.15. The van der Waals surface area contributed by atoms with Gasteiger partial charge in [0, 0.05) is 6.54 Å². The molecule has 2 atom stereocenters. The van der Waals surface area contributed by atoms with E-state index in [1.54, 1.807) is 0 Å². The summed E-state index contributed by atoms with van der Waals surface area (Å²) in [5.41, 5.74) is 6.03. The van der Waals surface area contributed by atoms with Crippen LogP contribution in [0.25, 0.3) is 0 Å². The van der Waals surface area contributed by atoms with Crippen LogP contribution in [0.2, 0.25) is 0 Å². The van der Waals surface area contributed by atoms with Gasteiger partial charge in [0.15, 0.2) is 0 Å². The maximum Gasteiger partial charge on any atom is 0.231 e. The third-order valence-electron chi connectivity index (χ3n) is 2.49. The molecule has 0 saturated heterocycles. The minimum absolute atomic E-state index is 0.0608. The number of aliphatic hydroxyl groups is 1. The van der Waals surface area contributed by atoms with E-state index in [0.29, 0.717) is 0 Å². The van der Waals surface area contributed by atoms with E-state index in [2.05, 4.69) is 5.32 Å². The van der Waals surface area contributed by atoms with Crippen molar-refractivity contribution in [3.63, 3.8) is 0 Å². The summed E-state index contributed by atoms with van der Waals surface area (Å²) in [5.74, 6) is -0.444. The normalized spacial score (nSPS) is 14.1. The van der Waals surface area contributed by atoms with Gasteiger partial charge < -0.3 is 20.9 Å². The average Bonchev–Trinajstić information content (AvgIpc) is 2.36. The van der Waals surface area contributed by atoms with E-state index in [1.807, 2.05) is 37.3 Å². The largest absolute Gasteiger partial charge is 0.389 e. The summed E-state index contributed by atoms with van der Waals surface area (Å²) in [4.78, 5) is 10.5. The molecule has 0 saturated carbocycles. The van der Waals surface area contributed by atoms with Crippen molar-refractivity contribution < 1.29 is 14.6 Å². The highest BCUT2D eigenvalue weighted by atomic mass is 16.5. The minimum Gasteiger partial charge on any atom is -0.389 e. The number of benzene rings is 1. The van der Waals surface area contributed by atoms with Gasteiger partial charge in [0.1, 0.15) is 0 Å². The number of carbonyl (C=O) groups is 1. The Morgan fingerprint density at radius 3 is 2.72 bits per heavy atom. The quantitative estimate of drug-likeness (QED) is 0.617. The SMILES string of the molecule is CC(OCC(O)CNCC(N)=O)c1ccccc1. The van der Waals surface area contributed by atoms with Crippen LogP contribution in [-0.2, 0) is 9.53 Å². The summed E-state index contributed by atoms with van der Waals surface area (Å²) in [5, 5.41) is 12.4. The van der Waals surface area contributed by atoms with Gasteiger partial charge in [0.2, 0.25) is 5.91 Å². The molecule has 0 radical (unpaired) electrons. The molecule has 5 nitrogen and oxygen atoms in total. The van der Waals surface area contributed by atoms with Crippen molar-refractivity contribution in [2.75, 3.05) is 19.7 Å². The number of rotatable bonds is 8. The van der Waals surface area contributed by atoms with Crippen LogP contribution in [0.15, 0.2) is 30.3 Å². The molecule has 18 heavy (non-hydrogen) atoms. The zero-order valence-electron chi connectivity index (χ0n) is 10.5. The number of nitrogens with one attached hydrogen (secondary N) is 1. The molecule has 0 bridgehead atoms. The van der Waals surface area contributed by atoms with Crippen LogP contribution in [0, 0.1) is 0 Å². The lowest BCUT2D eigenvalue weighted by Gasteiger charge is -2.17. The molecule has 0 aromatic heterocycles. The Bertz CT molecular complexity index is 357. The second-order valence-electron chi connectivity index (χ2n) is 4.14. The van der Waals surface area contributed by atoms with Gasteiger partial charge in [-0.05, 0) is 12.5 Å². The van der Waals surface area contributed by atoms with Crippen LogP contribution >= 0.6 is 0 Å². The lowest BCUT2D eigenvalue weighted by atomic mass is 10.1. The van der Waals surface area contributed by atoms with Gasteiger partial charge in [-0.2, -0.15) is 0 Å². The fraction of sp³-hybridized carbons (Fsp3) is 0.462. The van der Waals surface area contributed by atoms with Crippen LogP contribution in [0.4, 0.5) is 0 Å². The predicted molar refractivity (Wildman–Crippen MR) is 68.9 cm³/mol. The van der Waals surface area contributed by atoms with Crippen molar-refractivity contribution in [1.82, 2.24) is 5.32 Å². The summed E-state index contributed by atoms with van der Waals surface area (Å²) in [6.07, 6.45) is -0.729. The summed E-state index contributed by atoms with van der Waals surface area (Å²) in [7, 11) is 0. The van der Waals surface area contributed by atoms with E-state index in [1.165, 1.54) is 0 Å². The first-order chi connectivity index (χ1) is 8.59. The van der Waals surface area contributed by atoms with Crippen LogP contribution in [0.3, 0.4) is 0 Å². The maximum atomic E-state index is 10.5. The van der Waals surface area contributed by atoms with Crippen LogP contribution in [-0.4, -0.2) is 36.8 Å². The van der Waals surface area contributed by atoms with E-state index < -0.39 is 12.0 Å². The second-order valence-corrected chi connectivity index (χ2v) is 4.14. The lowest BCUT2D eigenvalue weighted by Crippen LogP contribution is -2.36. The first-order valence-corrected chi connectivity index (χ1v) is 5.93. The van der Waals surface area contributed by atoms with E-state index in [4.69, 9.17) is 10.5 Å². The summed E-state index contributed by atoms with van der Waals surface area (Å²) in [6, 6.07) is 9.78. The van der Waals surface area contributed by atoms with E-state index in [0.717, 1.165) is 5.56 Å². The molecule has 0 aliphatic heterocycles. The second kappa shape index (κ2) is 7.81. The molecule has 1 aromatic rings. The molecule has 0 fully saturated rings. The number of carbonyl (C=O) groups excluding carboxylic acids is 1. The predicted octanol–water partition coefficient (Wildman–Crippen LogP) is 0.200. The molecule has 1 aromatic carbocycles. The zero-order chi connectivity index (χ0) is 13.4. The smallest absolute Gasteiger partial charge is 0.231 e. The molecule has 0 heterocycles. The summed E-state index contributed by atoms with van der Waals surface area (Å²) >= 11 is 0.